The molecule has 0 atom stereocenters. The zero-order valence-corrected chi connectivity index (χ0v) is 11.4. The van der Waals surface area contributed by atoms with Crippen molar-refractivity contribution in [3.8, 4) is 0 Å². The highest BCUT2D eigenvalue weighted by atomic mass is 16.4. The van der Waals surface area contributed by atoms with Crippen LogP contribution < -0.4 is 0 Å². The number of hydrazone groups is 1. The predicted molar refractivity (Wildman–Crippen MR) is 77.4 cm³/mol. The zero-order valence-electron chi connectivity index (χ0n) is 11.4. The maximum Gasteiger partial charge on any atom is 0.324 e. The molecule has 1 heterocycles. The molecule has 0 unspecified atom stereocenters. The van der Waals surface area contributed by atoms with Crippen molar-refractivity contribution in [2.75, 3.05) is 13.1 Å². The second-order valence-electron chi connectivity index (χ2n) is 4.57. The Kier molecular flexibility index (Phi) is 4.22. The largest absolute Gasteiger partial charge is 0.480 e. The highest BCUT2D eigenvalue weighted by molar-refractivity contribution is 5.99. The third kappa shape index (κ3) is 3.59. The molecule has 0 bridgehead atoms. The van der Waals surface area contributed by atoms with Gasteiger partial charge < -0.3 is 14.8 Å². The first kappa shape index (κ1) is 14.6. The number of benzene rings is 1. The Labute approximate surface area is 120 Å². The van der Waals surface area contributed by atoms with E-state index >= 15 is 0 Å². The molecule has 2 rings (SSSR count). The van der Waals surface area contributed by atoms with Crippen molar-refractivity contribution in [3.63, 3.8) is 0 Å². The molecule has 1 aromatic heterocycles. The summed E-state index contributed by atoms with van der Waals surface area (Å²) < 4.78 is 1.93. The van der Waals surface area contributed by atoms with E-state index in [0.717, 1.165) is 21.5 Å². The number of nitrogens with zero attached hydrogens (tertiary/aromatic N) is 3. The van der Waals surface area contributed by atoms with Crippen LogP contribution in [0.15, 0.2) is 35.6 Å². The van der Waals surface area contributed by atoms with Gasteiger partial charge in [-0.25, -0.2) is 0 Å². The summed E-state index contributed by atoms with van der Waals surface area (Å²) in [7, 11) is 1.89. The van der Waals surface area contributed by atoms with Crippen LogP contribution in [0.5, 0.6) is 0 Å². The maximum absolute atomic E-state index is 10.7. The van der Waals surface area contributed by atoms with Crippen LogP contribution in [-0.4, -0.2) is 51.0 Å². The van der Waals surface area contributed by atoms with E-state index in [1.165, 1.54) is 6.21 Å². The first-order valence-corrected chi connectivity index (χ1v) is 6.24. The maximum atomic E-state index is 10.7. The highest BCUT2D eigenvalue weighted by Gasteiger charge is 2.11. The van der Waals surface area contributed by atoms with Crippen molar-refractivity contribution >= 4 is 29.1 Å². The summed E-state index contributed by atoms with van der Waals surface area (Å²) in [5, 5.41) is 23.4. The third-order valence-electron chi connectivity index (χ3n) is 2.92. The van der Waals surface area contributed by atoms with Gasteiger partial charge in [0.25, 0.3) is 0 Å². The first-order valence-electron chi connectivity index (χ1n) is 6.24. The molecule has 1 aromatic carbocycles. The molecule has 7 nitrogen and oxygen atoms in total. The van der Waals surface area contributed by atoms with Gasteiger partial charge in [0.1, 0.15) is 13.1 Å². The van der Waals surface area contributed by atoms with Crippen molar-refractivity contribution in [1.82, 2.24) is 9.58 Å². The van der Waals surface area contributed by atoms with Gasteiger partial charge >= 0.3 is 11.9 Å². The second kappa shape index (κ2) is 6.08. The van der Waals surface area contributed by atoms with Crippen LogP contribution in [0.1, 0.15) is 5.56 Å². The van der Waals surface area contributed by atoms with E-state index in [-0.39, 0.29) is 0 Å². The number of carboxylic acids is 2. The lowest BCUT2D eigenvalue weighted by molar-refractivity contribution is -0.141. The Morgan fingerprint density at radius 1 is 1.24 bits per heavy atom. The minimum atomic E-state index is -1.13. The van der Waals surface area contributed by atoms with E-state index in [9.17, 15) is 9.59 Å². The Balaban J connectivity index is 2.27. The number of fused-ring (bicyclic) bond motifs is 1. The molecule has 0 spiro atoms. The molecule has 110 valence electrons. The molecule has 7 heteroatoms. The fraction of sp³-hybridized carbons (Fsp3) is 0.214. The smallest absolute Gasteiger partial charge is 0.324 e. The Morgan fingerprint density at radius 2 is 1.86 bits per heavy atom. The van der Waals surface area contributed by atoms with Gasteiger partial charge in [0.05, 0.1) is 6.21 Å². The number of rotatable bonds is 6. The lowest BCUT2D eigenvalue weighted by atomic mass is 10.2. The predicted octanol–water partition coefficient (Wildman–Crippen LogP) is 0.983. The number of aliphatic carboxylic acids is 2. The van der Waals surface area contributed by atoms with Crippen LogP contribution in [0.3, 0.4) is 0 Å². The van der Waals surface area contributed by atoms with Gasteiger partial charge in [-0.1, -0.05) is 18.2 Å². The van der Waals surface area contributed by atoms with Crippen LogP contribution in [0.4, 0.5) is 0 Å². The molecule has 2 N–H and O–H groups in total. The molecular weight excluding hydrogens is 274 g/mol. The molecule has 0 aliphatic carbocycles. The minimum absolute atomic E-state index is 0.465. The average molecular weight is 289 g/mol. The summed E-state index contributed by atoms with van der Waals surface area (Å²) in [5.74, 6) is -2.27. The van der Waals surface area contributed by atoms with Gasteiger partial charge in [-0.05, 0) is 6.07 Å². The van der Waals surface area contributed by atoms with Gasteiger partial charge in [0, 0.05) is 29.7 Å². The number of aromatic nitrogens is 1. The quantitative estimate of drug-likeness (QED) is 0.610. The summed E-state index contributed by atoms with van der Waals surface area (Å²) in [6.45, 7) is -0.929. The normalized spacial score (nSPS) is 11.1. The number of hydrogen-bond donors (Lipinski definition) is 2. The third-order valence-corrected chi connectivity index (χ3v) is 2.92. The summed E-state index contributed by atoms with van der Waals surface area (Å²) >= 11 is 0. The van der Waals surface area contributed by atoms with Crippen LogP contribution in [0.25, 0.3) is 10.9 Å². The van der Waals surface area contributed by atoms with E-state index in [0.29, 0.717) is 0 Å². The SMILES string of the molecule is Cn1cc(/C=N\N(CC(=O)O)CC(=O)O)c2ccccc21. The lowest BCUT2D eigenvalue weighted by Gasteiger charge is -2.13. The average Bonchev–Trinajstić information content (AvgIpc) is 2.72. The molecule has 0 amide bonds. The van der Waals surface area contributed by atoms with Gasteiger partial charge in [0.2, 0.25) is 0 Å². The zero-order chi connectivity index (χ0) is 15.4. The van der Waals surface area contributed by atoms with Gasteiger partial charge in [-0.15, -0.1) is 0 Å². The molecule has 0 radical (unpaired) electrons. The van der Waals surface area contributed by atoms with Crippen LogP contribution >= 0.6 is 0 Å². The van der Waals surface area contributed by atoms with Crippen LogP contribution in [-0.2, 0) is 16.6 Å². The Bertz CT molecular complexity index is 689. The molecule has 21 heavy (non-hydrogen) atoms. The summed E-state index contributed by atoms with van der Waals surface area (Å²) in [4.78, 5) is 21.4. The number of carbonyl (C=O) groups is 2. The van der Waals surface area contributed by atoms with E-state index in [1.807, 2.05) is 42.1 Å². The van der Waals surface area contributed by atoms with Crippen LogP contribution in [0.2, 0.25) is 0 Å². The van der Waals surface area contributed by atoms with E-state index in [1.54, 1.807) is 0 Å². The molecule has 0 aliphatic heterocycles. The highest BCUT2D eigenvalue weighted by Crippen LogP contribution is 2.18. The van der Waals surface area contributed by atoms with Crippen molar-refractivity contribution in [2.45, 2.75) is 0 Å². The fourth-order valence-corrected chi connectivity index (χ4v) is 2.07. The Morgan fingerprint density at radius 3 is 2.48 bits per heavy atom. The Hall–Kier alpha value is -2.83. The van der Waals surface area contributed by atoms with E-state index in [2.05, 4.69) is 5.10 Å². The standard InChI is InChI=1S/C14H15N3O4/c1-16-7-10(11-4-2-3-5-12(11)16)6-15-17(8-13(18)19)9-14(20)21/h2-7H,8-9H2,1H3,(H,18,19)(H,20,21)/b15-6-. The fourth-order valence-electron chi connectivity index (χ4n) is 2.07. The molecule has 0 aliphatic rings. The summed E-state index contributed by atoms with van der Waals surface area (Å²) in [6, 6.07) is 7.70. The lowest BCUT2D eigenvalue weighted by Crippen LogP contribution is -2.30. The van der Waals surface area contributed by atoms with Gasteiger partial charge in [0.15, 0.2) is 0 Å². The van der Waals surface area contributed by atoms with Crippen molar-refractivity contribution in [2.24, 2.45) is 12.1 Å². The monoisotopic (exact) mass is 289 g/mol. The number of aryl methyl sites for hydroxylation is 1. The van der Waals surface area contributed by atoms with E-state index in [4.69, 9.17) is 10.2 Å². The second-order valence-corrected chi connectivity index (χ2v) is 4.57. The first-order chi connectivity index (χ1) is 9.97. The van der Waals surface area contributed by atoms with Crippen LogP contribution in [0, 0.1) is 0 Å². The minimum Gasteiger partial charge on any atom is -0.480 e. The molecule has 0 fully saturated rings. The number of hydrogen-bond acceptors (Lipinski definition) is 4. The van der Waals surface area contributed by atoms with Crippen molar-refractivity contribution in [3.05, 3.63) is 36.0 Å². The molecular formula is C14H15N3O4. The molecule has 0 saturated carbocycles. The topological polar surface area (TPSA) is 95.1 Å². The number of para-hydroxylation sites is 1. The van der Waals surface area contributed by atoms with Crippen molar-refractivity contribution in [1.29, 1.82) is 0 Å². The van der Waals surface area contributed by atoms with Gasteiger partial charge in [-0.3, -0.25) is 14.6 Å². The van der Waals surface area contributed by atoms with Gasteiger partial charge in [-0.2, -0.15) is 5.10 Å². The summed E-state index contributed by atoms with van der Waals surface area (Å²) in [6.07, 6.45) is 3.34. The summed E-state index contributed by atoms with van der Waals surface area (Å²) in [5.41, 5.74) is 1.82. The number of carboxylic acid groups (broad SMARTS) is 2. The van der Waals surface area contributed by atoms with Crippen molar-refractivity contribution < 1.29 is 19.8 Å². The molecule has 2 aromatic rings. The van der Waals surface area contributed by atoms with E-state index < -0.39 is 25.0 Å². The molecule has 0 saturated heterocycles.